The first kappa shape index (κ1) is 26.9. The third kappa shape index (κ3) is 5.45. The first-order valence-corrected chi connectivity index (χ1v) is 12.4. The van der Waals surface area contributed by atoms with E-state index in [4.69, 9.17) is 0 Å². The van der Waals surface area contributed by atoms with Crippen LogP contribution in [-0.2, 0) is 10.4 Å². The zero-order valence-electron chi connectivity index (χ0n) is 21.3. The van der Waals surface area contributed by atoms with Crippen LogP contribution in [0.25, 0.3) is 0 Å². The Balaban J connectivity index is 1.30. The summed E-state index contributed by atoms with van der Waals surface area (Å²) in [7, 11) is 3.41. The summed E-state index contributed by atoms with van der Waals surface area (Å²) >= 11 is 0. The number of alkyl halides is 3. The van der Waals surface area contributed by atoms with Crippen LogP contribution in [0.2, 0.25) is 0 Å². The van der Waals surface area contributed by atoms with E-state index >= 15 is 0 Å². The number of amides is 2. The molecule has 2 aromatic carbocycles. The molecule has 37 heavy (non-hydrogen) atoms. The Morgan fingerprint density at radius 3 is 2.19 bits per heavy atom. The number of likely N-dealkylation sites (tertiary alicyclic amines) is 2. The SMILES string of the molecule is Cc1cccc(C(O)(C(=O)N2CCC(N3CC(Nc4ccc(C(=O)N(C)C)cc4)C3)CC2)C(F)(F)F)c1. The fourth-order valence-corrected chi connectivity index (χ4v) is 5.05. The molecule has 2 heterocycles. The fourth-order valence-electron chi connectivity index (χ4n) is 5.05. The smallest absolute Gasteiger partial charge is 0.380 e. The molecule has 0 spiro atoms. The number of anilines is 1. The molecule has 0 aromatic heterocycles. The number of benzene rings is 2. The van der Waals surface area contributed by atoms with Crippen LogP contribution in [0.5, 0.6) is 0 Å². The van der Waals surface area contributed by atoms with Gasteiger partial charge in [-0.1, -0.05) is 29.8 Å². The number of carbonyl (C=O) groups excluding carboxylic acids is 2. The Labute approximate surface area is 214 Å². The zero-order valence-corrected chi connectivity index (χ0v) is 21.3. The third-order valence-corrected chi connectivity index (χ3v) is 7.24. The highest BCUT2D eigenvalue weighted by molar-refractivity contribution is 5.94. The van der Waals surface area contributed by atoms with Gasteiger partial charge in [0.2, 0.25) is 0 Å². The van der Waals surface area contributed by atoms with E-state index in [9.17, 15) is 27.9 Å². The lowest BCUT2D eigenvalue weighted by atomic mass is 9.89. The summed E-state index contributed by atoms with van der Waals surface area (Å²) in [6.45, 7) is 3.50. The number of aryl methyl sites for hydroxylation is 1. The molecule has 1 atom stereocenters. The predicted molar refractivity (Wildman–Crippen MR) is 134 cm³/mol. The minimum absolute atomic E-state index is 0.0567. The van der Waals surface area contributed by atoms with E-state index in [-0.39, 0.29) is 31.1 Å². The number of nitrogens with one attached hydrogen (secondary N) is 1. The van der Waals surface area contributed by atoms with E-state index in [0.717, 1.165) is 29.7 Å². The number of hydrogen-bond donors (Lipinski definition) is 2. The molecule has 2 saturated heterocycles. The average molecular weight is 519 g/mol. The van der Waals surface area contributed by atoms with Crippen LogP contribution in [0, 0.1) is 6.92 Å². The van der Waals surface area contributed by atoms with Crippen molar-refractivity contribution in [2.24, 2.45) is 0 Å². The highest BCUT2D eigenvalue weighted by atomic mass is 19.4. The minimum atomic E-state index is -5.14. The molecule has 200 valence electrons. The largest absolute Gasteiger partial charge is 0.430 e. The summed E-state index contributed by atoms with van der Waals surface area (Å²) in [6.07, 6.45) is -4.05. The molecule has 0 aliphatic carbocycles. The van der Waals surface area contributed by atoms with Crippen molar-refractivity contribution in [3.8, 4) is 0 Å². The van der Waals surface area contributed by atoms with E-state index in [1.165, 1.54) is 17.0 Å². The van der Waals surface area contributed by atoms with Crippen LogP contribution in [-0.4, -0.2) is 90.2 Å². The second-order valence-electron chi connectivity index (χ2n) is 10.2. The predicted octanol–water partition coefficient (Wildman–Crippen LogP) is 3.23. The van der Waals surface area contributed by atoms with Gasteiger partial charge in [-0.05, 0) is 44.0 Å². The van der Waals surface area contributed by atoms with Crippen LogP contribution in [0.15, 0.2) is 48.5 Å². The highest BCUT2D eigenvalue weighted by Crippen LogP contribution is 2.41. The molecule has 2 amide bonds. The highest BCUT2D eigenvalue weighted by Gasteiger charge is 2.62. The molecule has 0 bridgehead atoms. The molecule has 0 radical (unpaired) electrons. The number of piperidine rings is 1. The Hall–Kier alpha value is -3.11. The average Bonchev–Trinajstić information content (AvgIpc) is 2.84. The first-order chi connectivity index (χ1) is 17.4. The zero-order chi connectivity index (χ0) is 27.0. The summed E-state index contributed by atoms with van der Waals surface area (Å²) in [6, 6.07) is 13.1. The van der Waals surface area contributed by atoms with Crippen LogP contribution in [0.3, 0.4) is 0 Å². The van der Waals surface area contributed by atoms with Crippen molar-refractivity contribution in [1.29, 1.82) is 0 Å². The molecule has 2 aromatic rings. The van der Waals surface area contributed by atoms with E-state index in [0.29, 0.717) is 24.0 Å². The first-order valence-electron chi connectivity index (χ1n) is 12.4. The Morgan fingerprint density at radius 2 is 1.65 bits per heavy atom. The van der Waals surface area contributed by atoms with Crippen LogP contribution >= 0.6 is 0 Å². The van der Waals surface area contributed by atoms with Gasteiger partial charge in [-0.25, -0.2) is 0 Å². The normalized spacial score (nSPS) is 19.2. The fraction of sp³-hybridized carbons (Fsp3) is 0.481. The summed E-state index contributed by atoms with van der Waals surface area (Å²) in [4.78, 5) is 30.0. The van der Waals surface area contributed by atoms with Gasteiger partial charge in [0, 0.05) is 63.1 Å². The lowest BCUT2D eigenvalue weighted by molar-refractivity contribution is -0.262. The van der Waals surface area contributed by atoms with E-state index in [1.807, 2.05) is 12.1 Å². The quantitative estimate of drug-likeness (QED) is 0.614. The van der Waals surface area contributed by atoms with Gasteiger partial charge >= 0.3 is 6.18 Å². The van der Waals surface area contributed by atoms with Gasteiger partial charge in [-0.15, -0.1) is 0 Å². The van der Waals surface area contributed by atoms with E-state index < -0.39 is 23.2 Å². The molecular formula is C27H33F3N4O3. The lowest BCUT2D eigenvalue weighted by Crippen LogP contribution is -2.62. The van der Waals surface area contributed by atoms with Crippen molar-refractivity contribution in [2.45, 2.75) is 43.6 Å². The number of rotatable bonds is 6. The maximum Gasteiger partial charge on any atom is 0.430 e. The van der Waals surface area contributed by atoms with Crippen molar-refractivity contribution < 1.29 is 27.9 Å². The van der Waals surface area contributed by atoms with Gasteiger partial charge in [0.25, 0.3) is 17.4 Å². The lowest BCUT2D eigenvalue weighted by Gasteiger charge is -2.48. The molecule has 0 saturated carbocycles. The van der Waals surface area contributed by atoms with Crippen molar-refractivity contribution in [3.63, 3.8) is 0 Å². The molecule has 10 heteroatoms. The maximum atomic E-state index is 14.0. The summed E-state index contributed by atoms with van der Waals surface area (Å²) in [5, 5.41) is 14.1. The van der Waals surface area contributed by atoms with Crippen molar-refractivity contribution >= 4 is 17.5 Å². The number of aliphatic hydroxyl groups is 1. The molecule has 1 unspecified atom stereocenters. The number of nitrogens with zero attached hydrogens (tertiary/aromatic N) is 3. The molecule has 2 fully saturated rings. The number of carbonyl (C=O) groups is 2. The maximum absolute atomic E-state index is 14.0. The van der Waals surface area contributed by atoms with E-state index in [1.54, 1.807) is 39.2 Å². The number of halogens is 3. The molecule has 2 aliphatic rings. The molecular weight excluding hydrogens is 485 g/mol. The van der Waals surface area contributed by atoms with Gasteiger partial charge in [-0.2, -0.15) is 13.2 Å². The third-order valence-electron chi connectivity index (χ3n) is 7.24. The van der Waals surface area contributed by atoms with Gasteiger partial charge in [-0.3, -0.25) is 14.5 Å². The summed E-state index contributed by atoms with van der Waals surface area (Å²) < 4.78 is 41.9. The van der Waals surface area contributed by atoms with Crippen molar-refractivity contribution in [2.75, 3.05) is 45.6 Å². The number of hydrogen-bond acceptors (Lipinski definition) is 5. The van der Waals surface area contributed by atoms with Gasteiger partial charge in [0.15, 0.2) is 0 Å². The summed E-state index contributed by atoms with van der Waals surface area (Å²) in [5.41, 5.74) is -1.95. The molecule has 4 rings (SSSR count). The van der Waals surface area contributed by atoms with Gasteiger partial charge in [0.1, 0.15) is 0 Å². The Bertz CT molecular complexity index is 1120. The Morgan fingerprint density at radius 1 is 1.03 bits per heavy atom. The second kappa shape index (κ2) is 10.3. The molecule has 7 nitrogen and oxygen atoms in total. The van der Waals surface area contributed by atoms with E-state index in [2.05, 4.69) is 10.2 Å². The topological polar surface area (TPSA) is 76.1 Å². The van der Waals surface area contributed by atoms with Crippen molar-refractivity contribution in [1.82, 2.24) is 14.7 Å². The Kier molecular flexibility index (Phi) is 7.52. The molecule has 2 aliphatic heterocycles. The van der Waals surface area contributed by atoms with Gasteiger partial charge in [0.05, 0.1) is 6.04 Å². The van der Waals surface area contributed by atoms with Gasteiger partial charge < -0.3 is 20.2 Å². The standard InChI is InChI=1S/C27H33F3N4O3/c1-18-5-4-6-20(15-18)26(37,27(28,29)30)25(36)33-13-11-23(12-14-33)34-16-22(17-34)31-21-9-7-19(8-10-21)24(35)32(2)3/h4-10,15,22-23,31,37H,11-14,16-17H2,1-3H3. The monoisotopic (exact) mass is 518 g/mol. The van der Waals surface area contributed by atoms with Crippen LogP contribution in [0.4, 0.5) is 18.9 Å². The van der Waals surface area contributed by atoms with Crippen LogP contribution in [0.1, 0.15) is 34.3 Å². The molecule has 2 N–H and O–H groups in total. The van der Waals surface area contributed by atoms with Crippen molar-refractivity contribution in [3.05, 3.63) is 65.2 Å². The summed E-state index contributed by atoms with van der Waals surface area (Å²) in [5.74, 6) is -1.37. The van der Waals surface area contributed by atoms with Crippen LogP contribution < -0.4 is 5.32 Å². The second-order valence-corrected chi connectivity index (χ2v) is 10.2. The minimum Gasteiger partial charge on any atom is -0.380 e.